The molecule has 0 heterocycles. The minimum Gasteiger partial charge on any atom is -0.491 e. The number of hydrogen-bond acceptors (Lipinski definition) is 4. The zero-order valence-electron chi connectivity index (χ0n) is 15.9. The Morgan fingerprint density at radius 2 is 1.93 bits per heavy atom. The largest absolute Gasteiger partial charge is 0.491 e. The predicted molar refractivity (Wildman–Crippen MR) is 105 cm³/mol. The number of rotatable bonds is 11. The van der Waals surface area contributed by atoms with Crippen LogP contribution in [0.1, 0.15) is 38.5 Å². The van der Waals surface area contributed by atoms with Crippen molar-refractivity contribution in [3.05, 3.63) is 54.4 Å². The monoisotopic (exact) mass is 392 g/mol. The van der Waals surface area contributed by atoms with Gasteiger partial charge in [0.1, 0.15) is 24.3 Å². The van der Waals surface area contributed by atoms with E-state index in [2.05, 4.69) is 0 Å². The third kappa shape index (κ3) is 7.82. The number of ether oxygens (including phenoxy) is 1. The lowest BCUT2D eigenvalue weighted by molar-refractivity contribution is -0.136. The maximum atomic E-state index is 12.9. The molecule has 3 N–H and O–H groups in total. The molecule has 5 nitrogen and oxygen atoms in total. The molecule has 1 aliphatic rings. The third-order valence-electron chi connectivity index (χ3n) is 5.01. The molecule has 0 bridgehead atoms. The van der Waals surface area contributed by atoms with Crippen LogP contribution < -0.4 is 4.74 Å². The van der Waals surface area contributed by atoms with Crippen molar-refractivity contribution in [2.75, 3.05) is 6.61 Å². The van der Waals surface area contributed by atoms with Gasteiger partial charge in [-0.05, 0) is 68.2 Å². The van der Waals surface area contributed by atoms with Crippen molar-refractivity contribution in [1.29, 1.82) is 0 Å². The topological polar surface area (TPSA) is 87.0 Å². The van der Waals surface area contributed by atoms with Crippen molar-refractivity contribution in [3.63, 3.8) is 0 Å². The average molecular weight is 392 g/mol. The van der Waals surface area contributed by atoms with E-state index in [9.17, 15) is 19.4 Å². The molecular formula is C22H29FO5. The Morgan fingerprint density at radius 1 is 1.21 bits per heavy atom. The van der Waals surface area contributed by atoms with Crippen LogP contribution in [-0.4, -0.2) is 40.1 Å². The number of aliphatic carboxylic acids is 1. The Morgan fingerprint density at radius 3 is 2.64 bits per heavy atom. The van der Waals surface area contributed by atoms with Gasteiger partial charge in [-0.1, -0.05) is 24.3 Å². The first-order chi connectivity index (χ1) is 13.5. The summed E-state index contributed by atoms with van der Waals surface area (Å²) in [6, 6.07) is 5.63. The maximum Gasteiger partial charge on any atom is 0.303 e. The first-order valence-electron chi connectivity index (χ1n) is 9.75. The van der Waals surface area contributed by atoms with E-state index in [4.69, 9.17) is 9.84 Å². The van der Waals surface area contributed by atoms with Crippen molar-refractivity contribution in [3.8, 4) is 5.75 Å². The molecule has 0 radical (unpaired) electrons. The fraction of sp³-hybridized carbons (Fsp3) is 0.500. The van der Waals surface area contributed by atoms with Crippen LogP contribution in [0.4, 0.5) is 4.39 Å². The number of aliphatic hydroxyl groups is 2. The number of benzene rings is 1. The molecule has 0 aliphatic heterocycles. The normalized spacial score (nSPS) is 23.5. The SMILES string of the molecule is O=C(O)CCC=CCC[C@H]1[C@H](O)CC[C@H]1C=CC(O)COc1ccc(F)cc1. The van der Waals surface area contributed by atoms with Crippen molar-refractivity contribution >= 4 is 5.97 Å². The molecule has 28 heavy (non-hydrogen) atoms. The Kier molecular flexibility index (Phi) is 9.17. The Bertz CT molecular complexity index is 655. The number of allylic oxidation sites excluding steroid dienone is 3. The summed E-state index contributed by atoms with van der Waals surface area (Å²) in [4.78, 5) is 10.5. The fourth-order valence-corrected chi connectivity index (χ4v) is 3.49. The van der Waals surface area contributed by atoms with Crippen LogP contribution in [0.15, 0.2) is 48.6 Å². The van der Waals surface area contributed by atoms with Gasteiger partial charge < -0.3 is 20.1 Å². The quantitative estimate of drug-likeness (QED) is 0.500. The lowest BCUT2D eigenvalue weighted by Crippen LogP contribution is -2.19. The second kappa shape index (κ2) is 11.6. The van der Waals surface area contributed by atoms with E-state index in [0.29, 0.717) is 12.2 Å². The summed E-state index contributed by atoms with van der Waals surface area (Å²) in [5.74, 6) is -0.315. The molecule has 1 unspecified atom stereocenters. The number of carbonyl (C=O) groups is 1. The molecule has 4 atom stereocenters. The van der Waals surface area contributed by atoms with Crippen LogP contribution in [0.2, 0.25) is 0 Å². The summed E-state index contributed by atoms with van der Waals surface area (Å²) in [6.45, 7) is 0.0778. The van der Waals surface area contributed by atoms with Crippen LogP contribution in [0.25, 0.3) is 0 Å². The molecule has 1 aromatic carbocycles. The summed E-state index contributed by atoms with van der Waals surface area (Å²) in [7, 11) is 0. The summed E-state index contributed by atoms with van der Waals surface area (Å²) in [5.41, 5.74) is 0. The minimum absolute atomic E-state index is 0.0778. The summed E-state index contributed by atoms with van der Waals surface area (Å²) < 4.78 is 18.3. The Labute approximate surface area is 165 Å². The number of carboxylic acids is 1. The van der Waals surface area contributed by atoms with Crippen molar-refractivity contribution < 1.29 is 29.2 Å². The molecule has 6 heteroatoms. The van der Waals surface area contributed by atoms with Gasteiger partial charge in [0.25, 0.3) is 0 Å². The van der Waals surface area contributed by atoms with E-state index in [1.165, 1.54) is 24.3 Å². The van der Waals surface area contributed by atoms with E-state index in [0.717, 1.165) is 25.7 Å². The van der Waals surface area contributed by atoms with E-state index in [-0.39, 0.29) is 36.8 Å². The number of hydrogen-bond donors (Lipinski definition) is 3. The fourth-order valence-electron chi connectivity index (χ4n) is 3.49. The standard InChI is InChI=1S/C22H29FO5/c23-17-9-12-19(13-10-17)28-15-18(24)11-7-16-8-14-21(25)20(16)5-3-1-2-4-6-22(26)27/h1-2,7,9-13,16,18,20-21,24-25H,3-6,8,14-15H2,(H,26,27)/t16-,18?,20-,21-/m1/s1. The highest BCUT2D eigenvalue weighted by molar-refractivity contribution is 5.66. The number of carboxylic acid groups (broad SMARTS) is 1. The van der Waals surface area contributed by atoms with E-state index >= 15 is 0 Å². The van der Waals surface area contributed by atoms with Crippen LogP contribution >= 0.6 is 0 Å². The highest BCUT2D eigenvalue weighted by Gasteiger charge is 2.32. The molecule has 0 spiro atoms. The molecule has 1 fully saturated rings. The molecule has 1 aromatic rings. The molecule has 0 aromatic heterocycles. The minimum atomic E-state index is -0.803. The summed E-state index contributed by atoms with van der Waals surface area (Å²) in [5, 5.41) is 28.9. The van der Waals surface area contributed by atoms with Gasteiger partial charge in [0.15, 0.2) is 0 Å². The highest BCUT2D eigenvalue weighted by Crippen LogP contribution is 2.36. The Hall–Kier alpha value is -2.18. The predicted octanol–water partition coefficient (Wildman–Crippen LogP) is 3.71. The molecule has 0 amide bonds. The van der Waals surface area contributed by atoms with Crippen LogP contribution in [0.5, 0.6) is 5.75 Å². The highest BCUT2D eigenvalue weighted by atomic mass is 19.1. The van der Waals surface area contributed by atoms with Gasteiger partial charge in [0, 0.05) is 6.42 Å². The average Bonchev–Trinajstić information content (AvgIpc) is 3.02. The van der Waals surface area contributed by atoms with Gasteiger partial charge in [0.05, 0.1) is 6.10 Å². The first kappa shape index (κ1) is 22.1. The van der Waals surface area contributed by atoms with Gasteiger partial charge in [-0.15, -0.1) is 0 Å². The van der Waals surface area contributed by atoms with Crippen LogP contribution in [0, 0.1) is 17.7 Å². The molecular weight excluding hydrogens is 363 g/mol. The smallest absolute Gasteiger partial charge is 0.303 e. The van der Waals surface area contributed by atoms with Crippen molar-refractivity contribution in [2.24, 2.45) is 11.8 Å². The maximum absolute atomic E-state index is 12.9. The van der Waals surface area contributed by atoms with Gasteiger partial charge >= 0.3 is 5.97 Å². The second-order valence-corrected chi connectivity index (χ2v) is 7.17. The van der Waals surface area contributed by atoms with Gasteiger partial charge in [-0.3, -0.25) is 4.79 Å². The molecule has 154 valence electrons. The van der Waals surface area contributed by atoms with E-state index in [1.807, 2.05) is 18.2 Å². The summed E-state index contributed by atoms with van der Waals surface area (Å²) >= 11 is 0. The number of aliphatic hydroxyl groups excluding tert-OH is 2. The van der Waals surface area contributed by atoms with Crippen LogP contribution in [-0.2, 0) is 4.79 Å². The van der Waals surface area contributed by atoms with E-state index < -0.39 is 12.1 Å². The van der Waals surface area contributed by atoms with E-state index in [1.54, 1.807) is 6.08 Å². The molecule has 1 saturated carbocycles. The zero-order valence-corrected chi connectivity index (χ0v) is 15.9. The molecule has 0 saturated heterocycles. The van der Waals surface area contributed by atoms with Crippen LogP contribution in [0.3, 0.4) is 0 Å². The number of halogens is 1. The zero-order chi connectivity index (χ0) is 20.4. The van der Waals surface area contributed by atoms with Crippen molar-refractivity contribution in [1.82, 2.24) is 0 Å². The Balaban J connectivity index is 1.75. The second-order valence-electron chi connectivity index (χ2n) is 7.17. The van der Waals surface area contributed by atoms with Gasteiger partial charge in [0.2, 0.25) is 0 Å². The lowest BCUT2D eigenvalue weighted by atomic mass is 9.89. The van der Waals surface area contributed by atoms with Crippen molar-refractivity contribution in [2.45, 2.75) is 50.7 Å². The third-order valence-corrected chi connectivity index (χ3v) is 5.01. The summed E-state index contributed by atoms with van der Waals surface area (Å²) in [6.07, 6.45) is 10.2. The molecule has 1 aliphatic carbocycles. The van der Waals surface area contributed by atoms with Gasteiger partial charge in [-0.25, -0.2) is 4.39 Å². The van der Waals surface area contributed by atoms with Gasteiger partial charge in [-0.2, -0.15) is 0 Å². The first-order valence-corrected chi connectivity index (χ1v) is 9.75. The lowest BCUT2D eigenvalue weighted by Gasteiger charge is -2.19. The molecule has 2 rings (SSSR count).